The third-order valence-corrected chi connectivity index (χ3v) is 4.86. The van der Waals surface area contributed by atoms with Crippen LogP contribution in [0.1, 0.15) is 88.4 Å². The van der Waals surface area contributed by atoms with E-state index in [0.29, 0.717) is 5.82 Å². The van der Waals surface area contributed by atoms with E-state index >= 15 is 0 Å². The molecule has 148 valence electrons. The molecule has 0 saturated carbocycles. The molecule has 0 aliphatic heterocycles. The van der Waals surface area contributed by atoms with E-state index < -0.39 is 11.8 Å². The van der Waals surface area contributed by atoms with Crippen LogP contribution in [0.15, 0.2) is 30.3 Å². The maximum absolute atomic E-state index is 11.9. The molecule has 1 heterocycles. The Morgan fingerprint density at radius 1 is 0.963 bits per heavy atom. The van der Waals surface area contributed by atoms with Crippen LogP contribution in [0.4, 0.5) is 0 Å². The van der Waals surface area contributed by atoms with Gasteiger partial charge < -0.3 is 5.73 Å². The van der Waals surface area contributed by atoms with E-state index in [1.54, 1.807) is 4.80 Å². The Morgan fingerprint density at radius 3 is 2.15 bits per heavy atom. The zero-order valence-corrected chi connectivity index (χ0v) is 16.5. The topological polar surface area (TPSA) is 86.7 Å². The van der Waals surface area contributed by atoms with Gasteiger partial charge in [0.1, 0.15) is 5.92 Å². The summed E-state index contributed by atoms with van der Waals surface area (Å²) in [5, 5.41) is 12.5. The standard InChI is InChI=1S/C21H33N5O/c1-2-3-4-5-6-7-8-9-10-14-17-26-24-21(23-25-26)19(20(22)27)18-15-12-11-13-16-18/h11-13,15-16,19H,2-10,14,17H2,1H3,(H2,22,27). The Morgan fingerprint density at radius 2 is 1.56 bits per heavy atom. The maximum Gasteiger partial charge on any atom is 0.232 e. The molecule has 6 nitrogen and oxygen atoms in total. The van der Waals surface area contributed by atoms with Gasteiger partial charge in [0.05, 0.1) is 6.54 Å². The van der Waals surface area contributed by atoms with Crippen LogP contribution in [0.3, 0.4) is 0 Å². The van der Waals surface area contributed by atoms with Crippen LogP contribution in [0, 0.1) is 0 Å². The number of hydrogen-bond donors (Lipinski definition) is 1. The van der Waals surface area contributed by atoms with E-state index in [-0.39, 0.29) is 0 Å². The molecular formula is C21H33N5O. The maximum atomic E-state index is 11.9. The summed E-state index contributed by atoms with van der Waals surface area (Å²) in [6.45, 7) is 2.98. The summed E-state index contributed by atoms with van der Waals surface area (Å²) in [7, 11) is 0. The number of nitrogens with two attached hydrogens (primary N) is 1. The van der Waals surface area contributed by atoms with Crippen LogP contribution in [-0.2, 0) is 11.3 Å². The molecule has 1 amide bonds. The number of benzene rings is 1. The van der Waals surface area contributed by atoms with Gasteiger partial charge in [0.15, 0.2) is 5.82 Å². The van der Waals surface area contributed by atoms with Crippen molar-refractivity contribution in [1.29, 1.82) is 0 Å². The Bertz CT molecular complexity index is 656. The molecule has 0 bridgehead atoms. The second kappa shape index (κ2) is 12.2. The number of primary amides is 1. The molecule has 2 N–H and O–H groups in total. The van der Waals surface area contributed by atoms with Gasteiger partial charge >= 0.3 is 0 Å². The summed E-state index contributed by atoms with van der Waals surface area (Å²) in [5.41, 5.74) is 6.36. The fourth-order valence-electron chi connectivity index (χ4n) is 3.29. The van der Waals surface area contributed by atoms with Gasteiger partial charge in [-0.2, -0.15) is 4.80 Å². The van der Waals surface area contributed by atoms with E-state index in [1.807, 2.05) is 30.3 Å². The summed E-state index contributed by atoms with van der Waals surface area (Å²) in [6.07, 6.45) is 12.9. The first-order chi connectivity index (χ1) is 13.2. The fourth-order valence-corrected chi connectivity index (χ4v) is 3.29. The summed E-state index contributed by atoms with van der Waals surface area (Å²) >= 11 is 0. The quantitative estimate of drug-likeness (QED) is 0.504. The minimum Gasteiger partial charge on any atom is -0.369 e. The molecule has 2 aromatic rings. The van der Waals surface area contributed by atoms with Crippen LogP contribution < -0.4 is 5.73 Å². The number of hydrogen-bond acceptors (Lipinski definition) is 4. The van der Waals surface area contributed by atoms with Crippen molar-refractivity contribution in [3.8, 4) is 0 Å². The van der Waals surface area contributed by atoms with Crippen molar-refractivity contribution in [2.45, 2.75) is 83.6 Å². The minimum atomic E-state index is -0.646. The lowest BCUT2D eigenvalue weighted by molar-refractivity contribution is -0.118. The molecule has 0 aliphatic rings. The number of tetrazole rings is 1. The van der Waals surface area contributed by atoms with Gasteiger partial charge in [0.2, 0.25) is 5.91 Å². The zero-order chi connectivity index (χ0) is 19.3. The summed E-state index contributed by atoms with van der Waals surface area (Å²) < 4.78 is 0. The third kappa shape index (κ3) is 7.49. The lowest BCUT2D eigenvalue weighted by Crippen LogP contribution is -2.23. The van der Waals surface area contributed by atoms with Crippen LogP contribution in [0.5, 0.6) is 0 Å². The van der Waals surface area contributed by atoms with Crippen molar-refractivity contribution in [2.24, 2.45) is 5.73 Å². The number of carbonyl (C=O) groups is 1. The van der Waals surface area contributed by atoms with E-state index in [1.165, 1.54) is 57.8 Å². The summed E-state index contributed by atoms with van der Waals surface area (Å²) in [6, 6.07) is 9.37. The van der Waals surface area contributed by atoms with Crippen molar-refractivity contribution in [3.63, 3.8) is 0 Å². The van der Waals surface area contributed by atoms with Crippen molar-refractivity contribution in [1.82, 2.24) is 20.2 Å². The Kier molecular flexibility index (Phi) is 9.52. The highest BCUT2D eigenvalue weighted by Crippen LogP contribution is 2.20. The average molecular weight is 372 g/mol. The van der Waals surface area contributed by atoms with E-state index in [0.717, 1.165) is 18.5 Å². The van der Waals surface area contributed by atoms with Gasteiger partial charge in [-0.1, -0.05) is 95.0 Å². The van der Waals surface area contributed by atoms with Crippen molar-refractivity contribution >= 4 is 5.91 Å². The van der Waals surface area contributed by atoms with Gasteiger partial charge in [-0.15, -0.1) is 10.2 Å². The molecule has 0 spiro atoms. The van der Waals surface area contributed by atoms with Gasteiger partial charge in [0, 0.05) is 0 Å². The molecule has 1 atom stereocenters. The lowest BCUT2D eigenvalue weighted by atomic mass is 9.98. The number of rotatable bonds is 14. The highest BCUT2D eigenvalue weighted by Gasteiger charge is 2.25. The number of carbonyl (C=O) groups excluding carboxylic acids is 1. The number of aromatic nitrogens is 4. The van der Waals surface area contributed by atoms with Crippen molar-refractivity contribution in [3.05, 3.63) is 41.7 Å². The molecular weight excluding hydrogens is 338 g/mol. The first-order valence-electron chi connectivity index (χ1n) is 10.3. The monoisotopic (exact) mass is 371 g/mol. The molecule has 27 heavy (non-hydrogen) atoms. The molecule has 0 radical (unpaired) electrons. The van der Waals surface area contributed by atoms with E-state index in [4.69, 9.17) is 5.73 Å². The van der Waals surface area contributed by atoms with Crippen LogP contribution in [0.25, 0.3) is 0 Å². The molecule has 1 aromatic carbocycles. The highest BCUT2D eigenvalue weighted by atomic mass is 16.1. The normalized spacial score (nSPS) is 12.2. The molecule has 6 heteroatoms. The van der Waals surface area contributed by atoms with Crippen LogP contribution in [-0.4, -0.2) is 26.1 Å². The molecule has 0 aliphatic carbocycles. The Labute approximate surface area is 162 Å². The smallest absolute Gasteiger partial charge is 0.232 e. The predicted molar refractivity (Wildman–Crippen MR) is 107 cm³/mol. The number of amides is 1. The van der Waals surface area contributed by atoms with Gasteiger partial charge in [-0.05, 0) is 17.2 Å². The second-order valence-electron chi connectivity index (χ2n) is 7.17. The molecule has 0 fully saturated rings. The van der Waals surface area contributed by atoms with Crippen LogP contribution in [0.2, 0.25) is 0 Å². The first-order valence-corrected chi connectivity index (χ1v) is 10.3. The summed E-state index contributed by atoms with van der Waals surface area (Å²) in [5.74, 6) is -0.729. The van der Waals surface area contributed by atoms with Gasteiger partial charge in [-0.25, -0.2) is 0 Å². The van der Waals surface area contributed by atoms with E-state index in [2.05, 4.69) is 22.3 Å². The largest absolute Gasteiger partial charge is 0.369 e. The van der Waals surface area contributed by atoms with Crippen molar-refractivity contribution in [2.75, 3.05) is 0 Å². The van der Waals surface area contributed by atoms with E-state index in [9.17, 15) is 4.79 Å². The average Bonchev–Trinajstić information content (AvgIpc) is 3.12. The SMILES string of the molecule is CCCCCCCCCCCCn1nnc(C(C(N)=O)c2ccccc2)n1. The second-order valence-corrected chi connectivity index (χ2v) is 7.17. The predicted octanol–water partition coefficient (Wildman–Crippen LogP) is 4.21. The molecule has 1 unspecified atom stereocenters. The highest BCUT2D eigenvalue weighted by molar-refractivity contribution is 5.84. The van der Waals surface area contributed by atoms with Gasteiger partial charge in [0.25, 0.3) is 0 Å². The minimum absolute atomic E-state index is 0.376. The number of aryl methyl sites for hydroxylation is 1. The Balaban J connectivity index is 1.69. The fraction of sp³-hybridized carbons (Fsp3) is 0.619. The van der Waals surface area contributed by atoms with Crippen LogP contribution >= 0.6 is 0 Å². The summed E-state index contributed by atoms with van der Waals surface area (Å²) in [4.78, 5) is 13.4. The zero-order valence-electron chi connectivity index (χ0n) is 16.5. The number of unbranched alkanes of at least 4 members (excludes halogenated alkanes) is 9. The first kappa shape index (κ1) is 21.1. The third-order valence-electron chi connectivity index (χ3n) is 4.86. The Hall–Kier alpha value is -2.24. The lowest BCUT2D eigenvalue weighted by Gasteiger charge is -2.08. The van der Waals surface area contributed by atoms with Crippen molar-refractivity contribution < 1.29 is 4.79 Å². The van der Waals surface area contributed by atoms with Gasteiger partial charge in [-0.3, -0.25) is 4.79 Å². The molecule has 1 aromatic heterocycles. The molecule has 2 rings (SSSR count). The molecule has 0 saturated heterocycles. The number of nitrogens with zero attached hydrogens (tertiary/aromatic N) is 4.